The number of nitrogens with two attached hydrogens (primary N) is 1. The number of ether oxygens (including phenoxy) is 1. The summed E-state index contributed by atoms with van der Waals surface area (Å²) < 4.78 is 19.1. The zero-order chi connectivity index (χ0) is 12.8. The Morgan fingerprint density at radius 3 is 2.53 bits per heavy atom. The van der Waals surface area contributed by atoms with Crippen LogP contribution < -0.4 is 10.5 Å². The summed E-state index contributed by atoms with van der Waals surface area (Å²) in [6.45, 7) is 3.65. The van der Waals surface area contributed by atoms with Crippen molar-refractivity contribution in [1.29, 1.82) is 0 Å². The molecule has 17 heavy (non-hydrogen) atoms. The fraction of sp³-hybridized carbons (Fsp3) is 0.538. The van der Waals surface area contributed by atoms with Gasteiger partial charge in [0.15, 0.2) is 0 Å². The highest BCUT2D eigenvalue weighted by Gasteiger charge is 2.49. The molecule has 1 aliphatic carbocycles. The second-order valence-corrected chi connectivity index (χ2v) is 5.23. The van der Waals surface area contributed by atoms with E-state index in [1.165, 1.54) is 0 Å². The quantitative estimate of drug-likeness (QED) is 0.903. The molecule has 2 nitrogen and oxygen atoms in total. The van der Waals surface area contributed by atoms with E-state index < -0.39 is 5.82 Å². The van der Waals surface area contributed by atoms with Crippen molar-refractivity contribution in [3.05, 3.63) is 28.0 Å². The van der Waals surface area contributed by atoms with E-state index in [1.54, 1.807) is 20.1 Å². The molecule has 2 N–H and O–H groups in total. The molecule has 1 saturated carbocycles. The Bertz CT molecular complexity index is 455. The van der Waals surface area contributed by atoms with Gasteiger partial charge in [-0.15, -0.1) is 0 Å². The van der Waals surface area contributed by atoms with E-state index in [1.807, 2.05) is 6.92 Å². The van der Waals surface area contributed by atoms with Crippen molar-refractivity contribution in [1.82, 2.24) is 0 Å². The minimum Gasteiger partial charge on any atom is -0.496 e. The van der Waals surface area contributed by atoms with Crippen LogP contribution >= 0.6 is 11.6 Å². The first-order valence-corrected chi connectivity index (χ1v) is 6.10. The predicted molar refractivity (Wildman–Crippen MR) is 67.3 cm³/mol. The molecule has 1 aromatic carbocycles. The molecule has 1 atom stereocenters. The average molecular weight is 258 g/mol. The SMILES string of the molecule is COc1c(C2(C(C)N)CC2)cc(Cl)c(F)c1C. The van der Waals surface area contributed by atoms with Gasteiger partial charge in [0.05, 0.1) is 12.1 Å². The van der Waals surface area contributed by atoms with Gasteiger partial charge in [0.1, 0.15) is 11.6 Å². The highest BCUT2D eigenvalue weighted by molar-refractivity contribution is 6.31. The summed E-state index contributed by atoms with van der Waals surface area (Å²) in [5.41, 5.74) is 7.35. The Morgan fingerprint density at radius 1 is 1.53 bits per heavy atom. The molecule has 4 heteroatoms. The lowest BCUT2D eigenvalue weighted by molar-refractivity contribution is 0.391. The summed E-state index contributed by atoms with van der Waals surface area (Å²) >= 11 is 5.92. The van der Waals surface area contributed by atoms with Crippen LogP contribution in [0.25, 0.3) is 0 Å². The molecule has 0 aromatic heterocycles. The molecule has 0 bridgehead atoms. The molecule has 0 amide bonds. The second-order valence-electron chi connectivity index (χ2n) is 4.82. The Balaban J connectivity index is 2.62. The summed E-state index contributed by atoms with van der Waals surface area (Å²) in [5, 5.41) is 0.144. The van der Waals surface area contributed by atoms with Crippen LogP contribution in [0.5, 0.6) is 5.75 Å². The number of benzene rings is 1. The second kappa shape index (κ2) is 4.14. The zero-order valence-electron chi connectivity index (χ0n) is 10.3. The smallest absolute Gasteiger partial charge is 0.148 e. The molecule has 0 spiro atoms. The normalized spacial score (nSPS) is 18.9. The first-order valence-electron chi connectivity index (χ1n) is 5.72. The largest absolute Gasteiger partial charge is 0.496 e. The Kier molecular flexibility index (Phi) is 3.08. The molecule has 94 valence electrons. The van der Waals surface area contributed by atoms with Crippen molar-refractivity contribution in [2.24, 2.45) is 5.73 Å². The van der Waals surface area contributed by atoms with E-state index in [4.69, 9.17) is 22.1 Å². The first kappa shape index (κ1) is 12.7. The van der Waals surface area contributed by atoms with Crippen molar-refractivity contribution in [2.75, 3.05) is 7.11 Å². The lowest BCUT2D eigenvalue weighted by Crippen LogP contribution is -2.32. The van der Waals surface area contributed by atoms with Crippen LogP contribution in [0.1, 0.15) is 30.9 Å². The van der Waals surface area contributed by atoms with Crippen LogP contribution in [0.2, 0.25) is 5.02 Å². The van der Waals surface area contributed by atoms with Gasteiger partial charge in [0.2, 0.25) is 0 Å². The molecule has 1 aromatic rings. The molecule has 1 unspecified atom stereocenters. The highest BCUT2D eigenvalue weighted by atomic mass is 35.5. The van der Waals surface area contributed by atoms with Crippen LogP contribution in [0, 0.1) is 12.7 Å². The van der Waals surface area contributed by atoms with Gasteiger partial charge in [0, 0.05) is 22.6 Å². The van der Waals surface area contributed by atoms with Gasteiger partial charge in [-0.2, -0.15) is 0 Å². The summed E-state index contributed by atoms with van der Waals surface area (Å²) in [4.78, 5) is 0. The van der Waals surface area contributed by atoms with E-state index in [2.05, 4.69) is 0 Å². The summed E-state index contributed by atoms with van der Waals surface area (Å²) in [7, 11) is 1.55. The standard InChI is InChI=1S/C13H17ClFNO/c1-7-11(15)10(14)6-9(12(7)17-3)13(4-5-13)8(2)16/h6,8H,4-5,16H2,1-3H3. The number of hydrogen-bond donors (Lipinski definition) is 1. The summed E-state index contributed by atoms with van der Waals surface area (Å²) in [5.74, 6) is 0.175. The number of rotatable bonds is 3. The molecule has 0 aliphatic heterocycles. The molecule has 1 aliphatic rings. The van der Waals surface area contributed by atoms with Gasteiger partial charge >= 0.3 is 0 Å². The fourth-order valence-corrected chi connectivity index (χ4v) is 2.72. The van der Waals surface area contributed by atoms with Crippen LogP contribution in [-0.2, 0) is 5.41 Å². The van der Waals surface area contributed by atoms with Gasteiger partial charge in [0.25, 0.3) is 0 Å². The van der Waals surface area contributed by atoms with Crippen molar-refractivity contribution < 1.29 is 9.13 Å². The van der Waals surface area contributed by atoms with Crippen LogP contribution in [-0.4, -0.2) is 13.2 Å². The number of hydrogen-bond acceptors (Lipinski definition) is 2. The lowest BCUT2D eigenvalue weighted by atomic mass is 9.87. The Labute approximate surface area is 106 Å². The van der Waals surface area contributed by atoms with E-state index in [0.29, 0.717) is 11.3 Å². The minimum atomic E-state index is -0.409. The summed E-state index contributed by atoms with van der Waals surface area (Å²) in [6.07, 6.45) is 2.00. The zero-order valence-corrected chi connectivity index (χ0v) is 11.1. The molecule has 1 fully saturated rings. The van der Waals surface area contributed by atoms with Gasteiger partial charge in [-0.3, -0.25) is 0 Å². The van der Waals surface area contributed by atoms with Gasteiger partial charge in [-0.1, -0.05) is 11.6 Å². The third-order valence-electron chi connectivity index (χ3n) is 3.80. The fourth-order valence-electron chi connectivity index (χ4n) is 2.47. The van der Waals surface area contributed by atoms with Crippen molar-refractivity contribution in [2.45, 2.75) is 38.1 Å². The van der Waals surface area contributed by atoms with Crippen molar-refractivity contribution >= 4 is 11.6 Å². The van der Waals surface area contributed by atoms with Crippen molar-refractivity contribution in [3.8, 4) is 5.75 Å². The van der Waals surface area contributed by atoms with Gasteiger partial charge < -0.3 is 10.5 Å². The Hall–Kier alpha value is -0.800. The third kappa shape index (κ3) is 1.81. The average Bonchev–Trinajstić information content (AvgIpc) is 3.06. The van der Waals surface area contributed by atoms with Gasteiger partial charge in [-0.25, -0.2) is 4.39 Å². The topological polar surface area (TPSA) is 35.2 Å². The Morgan fingerprint density at radius 2 is 2.12 bits per heavy atom. The maximum Gasteiger partial charge on any atom is 0.148 e. The predicted octanol–water partition coefficient (Wildman–Crippen LogP) is 3.17. The number of methoxy groups -OCH3 is 1. The molecule has 0 saturated heterocycles. The number of halogens is 2. The summed E-state index contributed by atoms with van der Waals surface area (Å²) in [6, 6.07) is 1.68. The van der Waals surface area contributed by atoms with Crippen LogP contribution in [0.3, 0.4) is 0 Å². The third-order valence-corrected chi connectivity index (χ3v) is 4.07. The molecule has 0 radical (unpaired) electrons. The molecule has 0 heterocycles. The van der Waals surface area contributed by atoms with Crippen LogP contribution in [0.15, 0.2) is 6.07 Å². The molecular weight excluding hydrogens is 241 g/mol. The highest BCUT2D eigenvalue weighted by Crippen LogP contribution is 2.54. The van der Waals surface area contributed by atoms with E-state index in [9.17, 15) is 4.39 Å². The van der Waals surface area contributed by atoms with E-state index in [0.717, 1.165) is 18.4 Å². The monoisotopic (exact) mass is 257 g/mol. The maximum absolute atomic E-state index is 13.7. The molecule has 2 rings (SSSR count). The maximum atomic E-state index is 13.7. The van der Waals surface area contributed by atoms with Gasteiger partial charge in [-0.05, 0) is 32.8 Å². The van der Waals surface area contributed by atoms with E-state index in [-0.39, 0.29) is 16.5 Å². The molecular formula is C13H17ClFNO. The van der Waals surface area contributed by atoms with Crippen molar-refractivity contribution in [3.63, 3.8) is 0 Å². The minimum absolute atomic E-state index is 0.0114. The lowest BCUT2D eigenvalue weighted by Gasteiger charge is -2.24. The first-order chi connectivity index (χ1) is 7.94. The van der Waals surface area contributed by atoms with Crippen LogP contribution in [0.4, 0.5) is 4.39 Å². The van der Waals surface area contributed by atoms with E-state index >= 15 is 0 Å².